The molecule has 6 heteroatoms. The Balaban J connectivity index is 0.00000116. The lowest BCUT2D eigenvalue weighted by Gasteiger charge is -2.16. The Morgan fingerprint density at radius 1 is 1.50 bits per heavy atom. The molecule has 1 aliphatic rings. The van der Waals surface area contributed by atoms with Crippen LogP contribution in [0.4, 0.5) is 4.39 Å². The molecule has 0 spiro atoms. The molecule has 0 aromatic heterocycles. The fourth-order valence-corrected chi connectivity index (χ4v) is 1.88. The first kappa shape index (κ1) is 18.7. The van der Waals surface area contributed by atoms with Crippen LogP contribution in [-0.4, -0.2) is 24.4 Å². The minimum Gasteiger partial charge on any atom is -0.484 e. The van der Waals surface area contributed by atoms with Crippen molar-refractivity contribution in [1.29, 1.82) is 0 Å². The van der Waals surface area contributed by atoms with E-state index < -0.39 is 0 Å². The van der Waals surface area contributed by atoms with E-state index >= 15 is 0 Å². The van der Waals surface area contributed by atoms with Gasteiger partial charge in [0.2, 0.25) is 5.91 Å². The van der Waals surface area contributed by atoms with E-state index in [1.807, 2.05) is 6.92 Å². The number of carbonyl (C=O) groups excluding carboxylic acids is 1. The van der Waals surface area contributed by atoms with E-state index in [9.17, 15) is 9.18 Å². The summed E-state index contributed by atoms with van der Waals surface area (Å²) in [6.45, 7) is 4.10. The average molecular weight is 332 g/mol. The largest absolute Gasteiger partial charge is 0.484 e. The van der Waals surface area contributed by atoms with E-state index in [4.69, 9.17) is 4.74 Å². The van der Waals surface area contributed by atoms with Gasteiger partial charge in [0, 0.05) is 25.6 Å². The fourth-order valence-electron chi connectivity index (χ4n) is 1.88. The SMILES string of the molecule is CCC(=O)NC(C)c1ccc(F)c(OCC2([NH3+])CC2)c1.CCl. The summed E-state index contributed by atoms with van der Waals surface area (Å²) in [6.07, 6.45) is 3.95. The second-order valence-corrected chi connectivity index (χ2v) is 5.62. The number of quaternary nitrogens is 1. The van der Waals surface area contributed by atoms with Gasteiger partial charge in [0.1, 0.15) is 12.1 Å². The highest BCUT2D eigenvalue weighted by molar-refractivity contribution is 6.15. The van der Waals surface area contributed by atoms with Crippen molar-refractivity contribution in [2.24, 2.45) is 0 Å². The van der Waals surface area contributed by atoms with Crippen LogP contribution in [0.25, 0.3) is 0 Å². The third-order valence-corrected chi connectivity index (χ3v) is 3.64. The van der Waals surface area contributed by atoms with Crippen LogP contribution < -0.4 is 15.8 Å². The summed E-state index contributed by atoms with van der Waals surface area (Å²) in [6, 6.07) is 4.53. The van der Waals surface area contributed by atoms with Crippen molar-refractivity contribution in [2.75, 3.05) is 13.0 Å². The first-order chi connectivity index (χ1) is 10.4. The number of amides is 1. The zero-order chi connectivity index (χ0) is 16.8. The van der Waals surface area contributed by atoms with Gasteiger partial charge in [0.05, 0.1) is 6.04 Å². The molecule has 4 nitrogen and oxygen atoms in total. The van der Waals surface area contributed by atoms with Crippen LogP contribution >= 0.6 is 11.6 Å². The minimum absolute atomic E-state index is 0.0287. The van der Waals surface area contributed by atoms with Crippen LogP contribution in [0.3, 0.4) is 0 Å². The molecule has 1 fully saturated rings. The number of ether oxygens (including phenoxy) is 1. The van der Waals surface area contributed by atoms with Gasteiger partial charge >= 0.3 is 0 Å². The molecular weight excluding hydrogens is 307 g/mol. The molecule has 22 heavy (non-hydrogen) atoms. The molecular formula is C16H25ClFN2O2+. The maximum absolute atomic E-state index is 13.7. The Morgan fingerprint density at radius 2 is 2.14 bits per heavy atom. The molecule has 1 unspecified atom stereocenters. The van der Waals surface area contributed by atoms with Gasteiger partial charge in [-0.1, -0.05) is 13.0 Å². The normalized spacial score (nSPS) is 16.1. The topological polar surface area (TPSA) is 66.0 Å². The van der Waals surface area contributed by atoms with E-state index in [0.29, 0.717) is 13.0 Å². The number of hydrogen-bond donors (Lipinski definition) is 2. The quantitative estimate of drug-likeness (QED) is 0.786. The Bertz CT molecular complexity index is 507. The second kappa shape index (κ2) is 8.34. The van der Waals surface area contributed by atoms with Gasteiger partial charge in [-0.3, -0.25) is 4.79 Å². The number of rotatable bonds is 6. The highest BCUT2D eigenvalue weighted by Gasteiger charge is 2.44. The van der Waals surface area contributed by atoms with Crippen LogP contribution in [-0.2, 0) is 4.79 Å². The summed E-state index contributed by atoms with van der Waals surface area (Å²) in [4.78, 5) is 11.4. The van der Waals surface area contributed by atoms with Gasteiger partial charge in [0.25, 0.3) is 0 Å². The predicted molar refractivity (Wildman–Crippen MR) is 85.4 cm³/mol. The predicted octanol–water partition coefficient (Wildman–Crippen LogP) is 2.42. The zero-order valence-electron chi connectivity index (χ0n) is 13.4. The van der Waals surface area contributed by atoms with Gasteiger partial charge in [0.15, 0.2) is 11.6 Å². The van der Waals surface area contributed by atoms with Crippen LogP contribution in [0, 0.1) is 5.82 Å². The Labute approximate surface area is 136 Å². The lowest BCUT2D eigenvalue weighted by atomic mass is 10.1. The van der Waals surface area contributed by atoms with Gasteiger partial charge in [-0.05, 0) is 24.6 Å². The molecule has 1 atom stereocenters. The molecule has 0 saturated heterocycles. The highest BCUT2D eigenvalue weighted by Crippen LogP contribution is 2.31. The standard InChI is InChI=1S/C15H21FN2O2.CH3Cl/c1-3-14(19)18-10(2)11-4-5-12(16)13(8-11)20-9-15(17)6-7-15;1-2/h4-5,8,10H,3,6-7,9,17H2,1-2H3,(H,18,19);1H3/p+1. The van der Waals surface area contributed by atoms with E-state index in [0.717, 1.165) is 18.4 Å². The summed E-state index contributed by atoms with van der Waals surface area (Å²) in [5.41, 5.74) is 4.82. The summed E-state index contributed by atoms with van der Waals surface area (Å²) in [5.74, 6) is -0.180. The molecule has 2 rings (SSSR count). The Hall–Kier alpha value is -1.33. The average Bonchev–Trinajstić information content (AvgIpc) is 3.26. The van der Waals surface area contributed by atoms with Crippen LogP contribution in [0.5, 0.6) is 5.75 Å². The molecule has 1 saturated carbocycles. The third kappa shape index (κ3) is 5.46. The van der Waals surface area contributed by atoms with Crippen LogP contribution in [0.15, 0.2) is 18.2 Å². The van der Waals surface area contributed by atoms with Gasteiger partial charge < -0.3 is 15.8 Å². The molecule has 0 heterocycles. The molecule has 0 aliphatic heterocycles. The van der Waals surface area contributed by atoms with E-state index in [2.05, 4.69) is 22.7 Å². The number of hydrogen-bond acceptors (Lipinski definition) is 2. The molecule has 1 aliphatic carbocycles. The van der Waals surface area contributed by atoms with Crippen molar-refractivity contribution in [3.05, 3.63) is 29.6 Å². The first-order valence-corrected chi connectivity index (χ1v) is 8.14. The molecule has 0 bridgehead atoms. The fraction of sp³-hybridized carbons (Fsp3) is 0.562. The maximum atomic E-state index is 13.7. The number of benzene rings is 1. The Kier molecular flexibility index (Phi) is 7.10. The summed E-state index contributed by atoms with van der Waals surface area (Å²) < 4.78 is 19.3. The van der Waals surface area contributed by atoms with Crippen molar-refractivity contribution in [2.45, 2.75) is 44.7 Å². The minimum atomic E-state index is -0.382. The van der Waals surface area contributed by atoms with E-state index in [1.165, 1.54) is 12.4 Å². The monoisotopic (exact) mass is 331 g/mol. The zero-order valence-corrected chi connectivity index (χ0v) is 14.2. The summed E-state index contributed by atoms with van der Waals surface area (Å²) in [5, 5.41) is 2.85. The van der Waals surface area contributed by atoms with Crippen molar-refractivity contribution in [1.82, 2.24) is 5.32 Å². The molecule has 1 aromatic rings. The van der Waals surface area contributed by atoms with Crippen LogP contribution in [0.2, 0.25) is 0 Å². The van der Waals surface area contributed by atoms with Crippen molar-refractivity contribution in [3.8, 4) is 5.75 Å². The molecule has 1 amide bonds. The van der Waals surface area contributed by atoms with Crippen molar-refractivity contribution in [3.63, 3.8) is 0 Å². The lowest BCUT2D eigenvalue weighted by Crippen LogP contribution is -2.66. The van der Waals surface area contributed by atoms with Gasteiger partial charge in [-0.25, -0.2) is 4.39 Å². The van der Waals surface area contributed by atoms with Crippen LogP contribution in [0.1, 0.15) is 44.7 Å². The number of nitrogens with one attached hydrogen (secondary N) is 1. The van der Waals surface area contributed by atoms with E-state index in [1.54, 1.807) is 19.1 Å². The molecule has 1 aromatic carbocycles. The molecule has 0 radical (unpaired) electrons. The number of halogens is 2. The van der Waals surface area contributed by atoms with E-state index in [-0.39, 0.29) is 29.1 Å². The first-order valence-electron chi connectivity index (χ1n) is 7.38. The third-order valence-electron chi connectivity index (χ3n) is 3.64. The summed E-state index contributed by atoms with van der Waals surface area (Å²) in [7, 11) is 0. The van der Waals surface area contributed by atoms with Gasteiger partial charge in [-0.15, -0.1) is 11.6 Å². The van der Waals surface area contributed by atoms with Crippen molar-refractivity contribution < 1.29 is 19.7 Å². The molecule has 4 N–H and O–H groups in total. The van der Waals surface area contributed by atoms with Crippen molar-refractivity contribution >= 4 is 17.5 Å². The maximum Gasteiger partial charge on any atom is 0.220 e. The highest BCUT2D eigenvalue weighted by atomic mass is 35.5. The smallest absolute Gasteiger partial charge is 0.220 e. The number of alkyl halides is 1. The van der Waals surface area contributed by atoms with Gasteiger partial charge in [-0.2, -0.15) is 0 Å². The molecule has 124 valence electrons. The Morgan fingerprint density at radius 3 is 2.68 bits per heavy atom. The lowest BCUT2D eigenvalue weighted by molar-refractivity contribution is -0.442. The summed E-state index contributed by atoms with van der Waals surface area (Å²) >= 11 is 4.64. The second-order valence-electron chi connectivity index (χ2n) is 5.62. The number of carbonyl (C=O) groups is 1.